The Morgan fingerprint density at radius 3 is 2.24 bits per heavy atom. The number of rotatable bonds is 13. The van der Waals surface area contributed by atoms with Gasteiger partial charge >= 0.3 is 0 Å². The predicted octanol–water partition coefficient (Wildman–Crippen LogP) is 5.21. The third-order valence-corrected chi connectivity index (χ3v) is 4.76. The second kappa shape index (κ2) is 13.4. The highest BCUT2D eigenvalue weighted by Crippen LogP contribution is 2.41. The number of ketones is 1. The van der Waals surface area contributed by atoms with Crippen molar-refractivity contribution in [3.63, 3.8) is 0 Å². The van der Waals surface area contributed by atoms with Crippen LogP contribution in [0, 0.1) is 5.82 Å². The first kappa shape index (κ1) is 26.9. The van der Waals surface area contributed by atoms with Crippen LogP contribution < -0.4 is 18.9 Å². The van der Waals surface area contributed by atoms with E-state index in [1.807, 2.05) is 19.9 Å². The van der Waals surface area contributed by atoms with Gasteiger partial charge in [-0.1, -0.05) is 11.6 Å². The van der Waals surface area contributed by atoms with Crippen LogP contribution in [0.25, 0.3) is 6.08 Å². The minimum absolute atomic E-state index is 0.00135. The van der Waals surface area contributed by atoms with Gasteiger partial charge < -0.3 is 28.4 Å². The van der Waals surface area contributed by atoms with Crippen molar-refractivity contribution in [3.8, 4) is 23.0 Å². The number of ether oxygens (including phenoxy) is 6. The molecule has 0 radical (unpaired) electrons. The van der Waals surface area contributed by atoms with Crippen molar-refractivity contribution in [2.45, 2.75) is 20.3 Å². The lowest BCUT2D eigenvalue weighted by molar-refractivity contribution is 0.0441. The summed E-state index contributed by atoms with van der Waals surface area (Å²) in [6.07, 6.45) is 5.07. The van der Waals surface area contributed by atoms with Gasteiger partial charge in [-0.15, -0.1) is 0 Å². The summed E-state index contributed by atoms with van der Waals surface area (Å²) < 4.78 is 46.6. The van der Waals surface area contributed by atoms with Crippen molar-refractivity contribution in [1.29, 1.82) is 0 Å². The lowest BCUT2D eigenvalue weighted by Gasteiger charge is -2.20. The molecule has 0 spiro atoms. The maximum Gasteiger partial charge on any atom is 0.193 e. The summed E-state index contributed by atoms with van der Waals surface area (Å²) in [7, 11) is 5.88. The lowest BCUT2D eigenvalue weighted by Crippen LogP contribution is -2.12. The van der Waals surface area contributed by atoms with Gasteiger partial charge in [-0.3, -0.25) is 4.79 Å². The molecule has 0 heterocycles. The van der Waals surface area contributed by atoms with Crippen molar-refractivity contribution in [2.75, 3.05) is 42.0 Å². The fraction of sp³-hybridized carbons (Fsp3) is 0.346. The van der Waals surface area contributed by atoms with E-state index in [-0.39, 0.29) is 36.2 Å². The summed E-state index contributed by atoms with van der Waals surface area (Å²) in [5.74, 6) is 0.379. The largest absolute Gasteiger partial charge is 0.497 e. The monoisotopic (exact) mass is 474 g/mol. The van der Waals surface area contributed by atoms with Crippen LogP contribution in [0.1, 0.15) is 35.3 Å². The molecule has 0 aromatic heterocycles. The van der Waals surface area contributed by atoms with Crippen molar-refractivity contribution in [3.05, 3.63) is 64.5 Å². The molecular formula is C26H31FO7. The minimum Gasteiger partial charge on any atom is -0.497 e. The van der Waals surface area contributed by atoms with Crippen LogP contribution in [-0.2, 0) is 15.9 Å². The highest BCUT2D eigenvalue weighted by molar-refractivity contribution is 6.11. The third kappa shape index (κ3) is 7.07. The average molecular weight is 475 g/mol. The van der Waals surface area contributed by atoms with E-state index < -0.39 is 11.6 Å². The molecule has 0 bridgehead atoms. The summed E-state index contributed by atoms with van der Waals surface area (Å²) in [6.45, 7) is 3.83. The van der Waals surface area contributed by atoms with E-state index in [2.05, 4.69) is 0 Å². The van der Waals surface area contributed by atoms with Crippen LogP contribution in [0.3, 0.4) is 0 Å². The zero-order chi connectivity index (χ0) is 25.1. The van der Waals surface area contributed by atoms with E-state index in [4.69, 9.17) is 28.4 Å². The molecule has 2 rings (SSSR count). The summed E-state index contributed by atoms with van der Waals surface area (Å²) in [4.78, 5) is 13.3. The van der Waals surface area contributed by atoms with Gasteiger partial charge in [-0.05, 0) is 44.6 Å². The van der Waals surface area contributed by atoms with E-state index in [9.17, 15) is 9.18 Å². The van der Waals surface area contributed by atoms with Crippen LogP contribution in [-0.4, -0.2) is 47.8 Å². The van der Waals surface area contributed by atoms with Gasteiger partial charge in [0.15, 0.2) is 19.4 Å². The quantitative estimate of drug-likeness (QED) is 0.171. The zero-order valence-electron chi connectivity index (χ0n) is 20.4. The topological polar surface area (TPSA) is 72.5 Å². The van der Waals surface area contributed by atoms with Crippen molar-refractivity contribution in [2.24, 2.45) is 0 Å². The molecule has 0 aliphatic carbocycles. The predicted molar refractivity (Wildman–Crippen MR) is 127 cm³/mol. The van der Waals surface area contributed by atoms with E-state index in [1.54, 1.807) is 12.1 Å². The van der Waals surface area contributed by atoms with Gasteiger partial charge in [-0.2, -0.15) is 0 Å². The Bertz CT molecular complexity index is 1040. The molecule has 2 aromatic rings. The molecule has 2 aromatic carbocycles. The van der Waals surface area contributed by atoms with Gasteiger partial charge in [0, 0.05) is 37.5 Å². The lowest BCUT2D eigenvalue weighted by atomic mass is 9.99. The molecule has 8 heteroatoms. The molecular weight excluding hydrogens is 443 g/mol. The smallest absolute Gasteiger partial charge is 0.193 e. The van der Waals surface area contributed by atoms with Crippen LogP contribution >= 0.6 is 0 Å². The van der Waals surface area contributed by atoms with Gasteiger partial charge in [0.1, 0.15) is 34.4 Å². The SMILES string of the molecule is COCOc1cc(OC)c(C(=O)C=Cc2ccc(OC)cc2F)c(OCOC)c1CC=C(C)C. The Morgan fingerprint density at radius 2 is 1.65 bits per heavy atom. The number of methoxy groups -OCH3 is 4. The van der Waals surface area contributed by atoms with Gasteiger partial charge in [0.2, 0.25) is 0 Å². The molecule has 0 unspecified atom stereocenters. The Morgan fingerprint density at radius 1 is 0.941 bits per heavy atom. The van der Waals surface area contributed by atoms with Crippen LogP contribution in [0.2, 0.25) is 0 Å². The standard InChI is InChI=1S/C26H31FO7/c1-17(2)7-11-20-23(33-15-29-3)14-24(32-6)25(26(20)34-16-30-4)22(28)12-9-18-8-10-19(31-5)13-21(18)27/h7-10,12-14H,11,15-16H2,1-6H3. The number of carbonyl (C=O) groups is 1. The first-order chi connectivity index (χ1) is 16.4. The molecule has 184 valence electrons. The number of allylic oxidation sites excluding steroid dienone is 3. The number of benzene rings is 2. The molecule has 0 aliphatic rings. The first-order valence-electron chi connectivity index (χ1n) is 10.5. The Balaban J connectivity index is 2.61. The van der Waals surface area contributed by atoms with E-state index in [1.165, 1.54) is 52.7 Å². The summed E-state index contributed by atoms with van der Waals surface area (Å²) in [5, 5.41) is 0. The maximum atomic E-state index is 14.3. The molecule has 0 saturated heterocycles. The second-order valence-corrected chi connectivity index (χ2v) is 7.43. The highest BCUT2D eigenvalue weighted by Gasteiger charge is 2.25. The Labute approximate surface area is 199 Å². The third-order valence-electron chi connectivity index (χ3n) is 4.76. The number of carbonyl (C=O) groups excluding carboxylic acids is 1. The van der Waals surface area contributed by atoms with Gasteiger partial charge in [0.05, 0.1) is 14.2 Å². The number of halogens is 1. The number of hydrogen-bond donors (Lipinski definition) is 0. The maximum absolute atomic E-state index is 14.3. The summed E-state index contributed by atoms with van der Waals surface area (Å²) in [6, 6.07) is 6.00. The van der Waals surface area contributed by atoms with Gasteiger partial charge in [-0.25, -0.2) is 4.39 Å². The average Bonchev–Trinajstić information content (AvgIpc) is 2.83. The molecule has 0 N–H and O–H groups in total. The molecule has 34 heavy (non-hydrogen) atoms. The first-order valence-corrected chi connectivity index (χ1v) is 10.5. The second-order valence-electron chi connectivity index (χ2n) is 7.43. The molecule has 0 amide bonds. The Kier molecular flexibility index (Phi) is 10.6. The zero-order valence-corrected chi connectivity index (χ0v) is 20.4. The van der Waals surface area contributed by atoms with E-state index >= 15 is 0 Å². The Hall–Kier alpha value is -3.36. The minimum atomic E-state index is -0.515. The normalized spacial score (nSPS) is 10.8. The van der Waals surface area contributed by atoms with Gasteiger partial charge in [0.25, 0.3) is 0 Å². The molecule has 0 atom stereocenters. The van der Waals surface area contributed by atoms with E-state index in [0.717, 1.165) is 5.57 Å². The molecule has 0 fully saturated rings. The van der Waals surface area contributed by atoms with Crippen LogP contribution in [0.4, 0.5) is 4.39 Å². The number of hydrogen-bond acceptors (Lipinski definition) is 7. The van der Waals surface area contributed by atoms with E-state index in [0.29, 0.717) is 23.5 Å². The summed E-state index contributed by atoms with van der Waals surface area (Å²) in [5.41, 5.74) is 2.11. The fourth-order valence-electron chi connectivity index (χ4n) is 3.09. The fourth-order valence-corrected chi connectivity index (χ4v) is 3.09. The molecule has 0 saturated carbocycles. The summed E-state index contributed by atoms with van der Waals surface area (Å²) >= 11 is 0. The van der Waals surface area contributed by atoms with Crippen molar-refractivity contribution >= 4 is 11.9 Å². The van der Waals surface area contributed by atoms with Crippen LogP contribution in [0.15, 0.2) is 42.0 Å². The van der Waals surface area contributed by atoms with Crippen molar-refractivity contribution in [1.82, 2.24) is 0 Å². The molecule has 0 aliphatic heterocycles. The van der Waals surface area contributed by atoms with Crippen LogP contribution in [0.5, 0.6) is 23.0 Å². The molecule has 7 nitrogen and oxygen atoms in total. The van der Waals surface area contributed by atoms with Crippen molar-refractivity contribution < 1.29 is 37.6 Å². The highest BCUT2D eigenvalue weighted by atomic mass is 19.1.